The standard InChI is InChI=1S/C12H13ClF3NO3/c1-19-7-9(13)6-17-11(18)8-2-4-10(5-3-8)20-12(14,15)16/h2-5,9H,6-7H2,1H3,(H,17,18). The average molecular weight is 312 g/mol. The first kappa shape index (κ1) is 16.6. The Morgan fingerprint density at radius 3 is 2.45 bits per heavy atom. The molecule has 112 valence electrons. The smallest absolute Gasteiger partial charge is 0.406 e. The van der Waals surface area contributed by atoms with Crippen LogP contribution in [-0.2, 0) is 4.74 Å². The topological polar surface area (TPSA) is 47.6 Å². The molecule has 0 radical (unpaired) electrons. The molecule has 1 aromatic rings. The van der Waals surface area contributed by atoms with E-state index in [-0.39, 0.29) is 29.8 Å². The zero-order valence-corrected chi connectivity index (χ0v) is 11.3. The van der Waals surface area contributed by atoms with Crippen molar-refractivity contribution in [3.63, 3.8) is 0 Å². The lowest BCUT2D eigenvalue weighted by Crippen LogP contribution is -2.31. The molecule has 1 aromatic carbocycles. The van der Waals surface area contributed by atoms with Crippen LogP contribution in [0.5, 0.6) is 5.75 Å². The monoisotopic (exact) mass is 311 g/mol. The minimum atomic E-state index is -4.75. The average Bonchev–Trinajstić information content (AvgIpc) is 2.35. The summed E-state index contributed by atoms with van der Waals surface area (Å²) in [4.78, 5) is 11.7. The summed E-state index contributed by atoms with van der Waals surface area (Å²) in [5.41, 5.74) is 0.209. The molecule has 0 heterocycles. The highest BCUT2D eigenvalue weighted by Crippen LogP contribution is 2.22. The molecule has 8 heteroatoms. The van der Waals surface area contributed by atoms with Crippen molar-refractivity contribution in [2.24, 2.45) is 0 Å². The van der Waals surface area contributed by atoms with Crippen LogP contribution in [0.2, 0.25) is 0 Å². The van der Waals surface area contributed by atoms with Gasteiger partial charge in [0.25, 0.3) is 5.91 Å². The molecule has 1 amide bonds. The molecule has 0 saturated heterocycles. The molecule has 1 N–H and O–H groups in total. The maximum absolute atomic E-state index is 12.0. The Balaban J connectivity index is 2.53. The summed E-state index contributed by atoms with van der Waals surface area (Å²) in [5, 5.41) is 2.16. The fraction of sp³-hybridized carbons (Fsp3) is 0.417. The molecule has 1 atom stereocenters. The number of benzene rings is 1. The SMILES string of the molecule is COCC(Cl)CNC(=O)c1ccc(OC(F)(F)F)cc1. The van der Waals surface area contributed by atoms with Gasteiger partial charge in [0.1, 0.15) is 5.75 Å². The van der Waals surface area contributed by atoms with Crippen molar-refractivity contribution in [1.29, 1.82) is 0 Å². The lowest BCUT2D eigenvalue weighted by atomic mass is 10.2. The molecule has 0 aromatic heterocycles. The molecule has 0 bridgehead atoms. The van der Waals surface area contributed by atoms with E-state index in [9.17, 15) is 18.0 Å². The van der Waals surface area contributed by atoms with E-state index in [0.717, 1.165) is 12.1 Å². The van der Waals surface area contributed by atoms with Crippen LogP contribution in [0.3, 0.4) is 0 Å². The van der Waals surface area contributed by atoms with E-state index in [0.29, 0.717) is 0 Å². The lowest BCUT2D eigenvalue weighted by Gasteiger charge is -2.11. The van der Waals surface area contributed by atoms with Gasteiger partial charge in [0.05, 0.1) is 12.0 Å². The van der Waals surface area contributed by atoms with Gasteiger partial charge in [-0.25, -0.2) is 0 Å². The first-order chi connectivity index (χ1) is 9.31. The maximum Gasteiger partial charge on any atom is 0.573 e. The summed E-state index contributed by atoms with van der Waals surface area (Å²) in [6.45, 7) is 0.467. The Morgan fingerprint density at radius 1 is 1.35 bits per heavy atom. The van der Waals surface area contributed by atoms with Crippen LogP contribution in [0.1, 0.15) is 10.4 Å². The number of ether oxygens (including phenoxy) is 2. The van der Waals surface area contributed by atoms with Gasteiger partial charge < -0.3 is 14.8 Å². The molecule has 1 rings (SSSR count). The number of amides is 1. The molecule has 0 spiro atoms. The third-order valence-electron chi connectivity index (χ3n) is 2.18. The Bertz CT molecular complexity index is 437. The molecular weight excluding hydrogens is 299 g/mol. The predicted octanol–water partition coefficient (Wildman–Crippen LogP) is 2.57. The summed E-state index contributed by atoms with van der Waals surface area (Å²) < 4.78 is 44.4. The second kappa shape index (κ2) is 7.35. The van der Waals surface area contributed by atoms with E-state index < -0.39 is 12.3 Å². The summed E-state index contributed by atoms with van der Waals surface area (Å²) in [6, 6.07) is 4.59. The highest BCUT2D eigenvalue weighted by atomic mass is 35.5. The van der Waals surface area contributed by atoms with E-state index in [1.54, 1.807) is 0 Å². The van der Waals surface area contributed by atoms with Gasteiger partial charge in [0.2, 0.25) is 0 Å². The Morgan fingerprint density at radius 2 is 1.95 bits per heavy atom. The Labute approximate surface area is 118 Å². The zero-order valence-electron chi connectivity index (χ0n) is 10.5. The van der Waals surface area contributed by atoms with E-state index in [1.807, 2.05) is 0 Å². The van der Waals surface area contributed by atoms with Gasteiger partial charge in [0, 0.05) is 19.2 Å². The van der Waals surface area contributed by atoms with Crippen LogP contribution in [0, 0.1) is 0 Å². The van der Waals surface area contributed by atoms with E-state index in [2.05, 4.69) is 10.1 Å². The highest BCUT2D eigenvalue weighted by Gasteiger charge is 2.31. The van der Waals surface area contributed by atoms with Gasteiger partial charge in [-0.1, -0.05) is 0 Å². The van der Waals surface area contributed by atoms with Crippen LogP contribution in [0.15, 0.2) is 24.3 Å². The maximum atomic E-state index is 12.0. The number of carbonyl (C=O) groups excluding carboxylic acids is 1. The van der Waals surface area contributed by atoms with Crippen LogP contribution < -0.4 is 10.1 Å². The van der Waals surface area contributed by atoms with Crippen molar-refractivity contribution < 1.29 is 27.4 Å². The molecule has 0 aliphatic heterocycles. The fourth-order valence-corrected chi connectivity index (χ4v) is 1.56. The summed E-state index contributed by atoms with van der Waals surface area (Å²) in [5.74, 6) is -0.825. The Kier molecular flexibility index (Phi) is 6.09. The van der Waals surface area contributed by atoms with Crippen LogP contribution in [0.25, 0.3) is 0 Å². The van der Waals surface area contributed by atoms with Crippen molar-refractivity contribution in [1.82, 2.24) is 5.32 Å². The molecule has 0 aliphatic carbocycles. The molecule has 0 fully saturated rings. The number of methoxy groups -OCH3 is 1. The van der Waals surface area contributed by atoms with E-state index in [4.69, 9.17) is 16.3 Å². The van der Waals surface area contributed by atoms with Crippen molar-refractivity contribution in [3.05, 3.63) is 29.8 Å². The summed E-state index contributed by atoms with van der Waals surface area (Å²) in [6.07, 6.45) is -4.75. The molecule has 0 saturated carbocycles. The molecule has 1 unspecified atom stereocenters. The number of carbonyl (C=O) groups is 1. The van der Waals surface area contributed by atoms with Crippen molar-refractivity contribution in [2.45, 2.75) is 11.7 Å². The van der Waals surface area contributed by atoms with Gasteiger partial charge >= 0.3 is 6.36 Å². The molecule has 4 nitrogen and oxygen atoms in total. The largest absolute Gasteiger partial charge is 0.573 e. The number of rotatable bonds is 6. The fourth-order valence-electron chi connectivity index (χ4n) is 1.35. The summed E-state index contributed by atoms with van der Waals surface area (Å²) >= 11 is 5.83. The predicted molar refractivity (Wildman–Crippen MR) is 67.0 cm³/mol. The van der Waals surface area contributed by atoms with Crippen LogP contribution in [-0.4, -0.2) is 37.9 Å². The van der Waals surface area contributed by atoms with Gasteiger partial charge in [-0.2, -0.15) is 0 Å². The van der Waals surface area contributed by atoms with Gasteiger partial charge in [-0.15, -0.1) is 24.8 Å². The van der Waals surface area contributed by atoms with Crippen molar-refractivity contribution >= 4 is 17.5 Å². The molecule has 0 aliphatic rings. The first-order valence-corrected chi connectivity index (χ1v) is 6.02. The quantitative estimate of drug-likeness (QED) is 0.821. The minimum Gasteiger partial charge on any atom is -0.406 e. The normalized spacial score (nSPS) is 12.8. The second-order valence-corrected chi connectivity index (χ2v) is 4.45. The number of nitrogens with one attached hydrogen (secondary N) is 1. The van der Waals surface area contributed by atoms with Crippen molar-refractivity contribution in [2.75, 3.05) is 20.3 Å². The highest BCUT2D eigenvalue weighted by molar-refractivity contribution is 6.21. The Hall–Kier alpha value is -1.47. The third-order valence-corrected chi connectivity index (χ3v) is 2.46. The summed E-state index contributed by atoms with van der Waals surface area (Å²) in [7, 11) is 1.48. The van der Waals surface area contributed by atoms with Crippen LogP contribution >= 0.6 is 11.6 Å². The van der Waals surface area contributed by atoms with Gasteiger partial charge in [-0.05, 0) is 24.3 Å². The zero-order chi connectivity index (χ0) is 15.2. The van der Waals surface area contributed by atoms with E-state index >= 15 is 0 Å². The molecule has 20 heavy (non-hydrogen) atoms. The number of halogens is 4. The number of hydrogen-bond acceptors (Lipinski definition) is 3. The molecular formula is C12H13ClF3NO3. The van der Waals surface area contributed by atoms with Gasteiger partial charge in [0.15, 0.2) is 0 Å². The van der Waals surface area contributed by atoms with Crippen molar-refractivity contribution in [3.8, 4) is 5.75 Å². The number of alkyl halides is 4. The minimum absolute atomic E-state index is 0.190. The van der Waals surface area contributed by atoms with Gasteiger partial charge in [-0.3, -0.25) is 4.79 Å². The lowest BCUT2D eigenvalue weighted by molar-refractivity contribution is -0.274. The first-order valence-electron chi connectivity index (χ1n) is 5.59. The van der Waals surface area contributed by atoms with E-state index in [1.165, 1.54) is 19.2 Å². The van der Waals surface area contributed by atoms with Crippen LogP contribution in [0.4, 0.5) is 13.2 Å². The third kappa shape index (κ3) is 6.12. The number of hydrogen-bond donors (Lipinski definition) is 1. The second-order valence-electron chi connectivity index (χ2n) is 3.83.